The lowest BCUT2D eigenvalue weighted by Crippen LogP contribution is -2.33. The quantitative estimate of drug-likeness (QED) is 0.229. The molecule has 0 unspecified atom stereocenters. The van der Waals surface area contributed by atoms with E-state index in [2.05, 4.69) is 21.7 Å². The number of amides is 4. The summed E-state index contributed by atoms with van der Waals surface area (Å²) in [5, 5.41) is 0. The fraction of sp³-hybridized carbons (Fsp3) is 0. The Hall–Kier alpha value is -5.44. The largest absolute Gasteiger partial charge is 0.298 e. The second-order valence-electron chi connectivity index (χ2n) is 8.15. The van der Waals surface area contributed by atoms with E-state index in [0.29, 0.717) is 11.4 Å². The Morgan fingerprint density at radius 3 is 1.38 bits per heavy atom. The van der Waals surface area contributed by atoms with Crippen molar-refractivity contribution >= 4 is 40.7 Å². The van der Waals surface area contributed by atoms with Crippen molar-refractivity contribution in [3.63, 3.8) is 0 Å². The zero-order chi connectivity index (χ0) is 25.8. The first-order chi connectivity index (χ1) is 18.0. The number of nitrogens with one attached hydrogen (secondary N) is 4. The predicted molar refractivity (Wildman–Crippen MR) is 139 cm³/mol. The first-order valence-electron chi connectivity index (χ1n) is 11.4. The van der Waals surface area contributed by atoms with Crippen molar-refractivity contribution in [2.45, 2.75) is 0 Å². The Bertz CT molecular complexity index is 1400. The Morgan fingerprint density at radius 1 is 0.541 bits per heavy atom. The molecule has 1 heterocycles. The molecule has 0 bridgehead atoms. The molecule has 0 radical (unpaired) electrons. The smallest absolute Gasteiger partial charge is 0.269 e. The third-order valence-electron chi connectivity index (χ3n) is 5.68. The van der Waals surface area contributed by atoms with E-state index >= 15 is 0 Å². The maximum Gasteiger partial charge on any atom is 0.269 e. The first-order valence-corrected chi connectivity index (χ1v) is 11.4. The van der Waals surface area contributed by atoms with Crippen molar-refractivity contribution in [1.29, 1.82) is 0 Å². The number of para-hydroxylation sites is 2. The summed E-state index contributed by atoms with van der Waals surface area (Å²) in [6.45, 7) is 0. The minimum Gasteiger partial charge on any atom is -0.298 e. The zero-order valence-electron chi connectivity index (χ0n) is 19.4. The molecular formula is C28H21N5O4. The molecule has 0 saturated carbocycles. The number of rotatable bonds is 7. The van der Waals surface area contributed by atoms with Gasteiger partial charge in [0.2, 0.25) is 0 Å². The Kier molecular flexibility index (Phi) is 6.33. The zero-order valence-corrected chi connectivity index (χ0v) is 19.4. The summed E-state index contributed by atoms with van der Waals surface area (Å²) in [4.78, 5) is 53.1. The van der Waals surface area contributed by atoms with Crippen LogP contribution in [0.2, 0.25) is 0 Å². The van der Waals surface area contributed by atoms with Crippen molar-refractivity contribution in [1.82, 2.24) is 10.9 Å². The maximum absolute atomic E-state index is 13.1. The molecular weight excluding hydrogens is 470 g/mol. The second-order valence-corrected chi connectivity index (χ2v) is 8.15. The minimum atomic E-state index is -0.563. The van der Waals surface area contributed by atoms with E-state index in [4.69, 9.17) is 0 Å². The Morgan fingerprint density at radius 2 is 0.946 bits per heavy atom. The van der Waals surface area contributed by atoms with Crippen molar-refractivity contribution in [3.05, 3.63) is 125 Å². The Balaban J connectivity index is 1.46. The summed E-state index contributed by atoms with van der Waals surface area (Å²) < 4.78 is 0. The van der Waals surface area contributed by atoms with Gasteiger partial charge in [-0.1, -0.05) is 48.5 Å². The van der Waals surface area contributed by atoms with Crippen LogP contribution in [0.15, 0.2) is 103 Å². The van der Waals surface area contributed by atoms with Crippen LogP contribution in [0.25, 0.3) is 0 Å². The van der Waals surface area contributed by atoms with E-state index < -0.39 is 23.6 Å². The third kappa shape index (κ3) is 4.87. The maximum atomic E-state index is 13.1. The number of hydrazine groups is 2. The van der Waals surface area contributed by atoms with Gasteiger partial charge < -0.3 is 0 Å². The lowest BCUT2D eigenvalue weighted by Gasteiger charge is -2.17. The highest BCUT2D eigenvalue weighted by Crippen LogP contribution is 2.30. The number of hydrogen-bond acceptors (Lipinski definition) is 6. The predicted octanol–water partition coefficient (Wildman–Crippen LogP) is 4.00. The minimum absolute atomic E-state index is 0.0716. The number of anilines is 3. The number of hydrogen-bond donors (Lipinski definition) is 4. The molecule has 5 rings (SSSR count). The number of imide groups is 1. The van der Waals surface area contributed by atoms with Gasteiger partial charge in [0.15, 0.2) is 0 Å². The van der Waals surface area contributed by atoms with E-state index in [9.17, 15) is 19.2 Å². The van der Waals surface area contributed by atoms with Crippen molar-refractivity contribution < 1.29 is 19.2 Å². The lowest BCUT2D eigenvalue weighted by molar-refractivity contribution is 0.0916. The van der Waals surface area contributed by atoms with E-state index in [1.165, 1.54) is 18.2 Å². The average Bonchev–Trinajstić information content (AvgIpc) is 3.20. The molecule has 1 aliphatic heterocycles. The first kappa shape index (κ1) is 23.3. The van der Waals surface area contributed by atoms with Crippen LogP contribution >= 0.6 is 0 Å². The van der Waals surface area contributed by atoms with Gasteiger partial charge in [-0.2, -0.15) is 0 Å². The van der Waals surface area contributed by atoms with Crippen LogP contribution in [0, 0.1) is 0 Å². The number of carbonyl (C=O) groups is 4. The highest BCUT2D eigenvalue weighted by Gasteiger charge is 2.37. The molecule has 4 N–H and O–H groups in total. The molecule has 0 aromatic heterocycles. The molecule has 0 atom stereocenters. The summed E-state index contributed by atoms with van der Waals surface area (Å²) in [6.07, 6.45) is 0. The third-order valence-corrected chi connectivity index (χ3v) is 5.68. The summed E-state index contributed by atoms with van der Waals surface area (Å²) >= 11 is 0. The molecule has 4 amide bonds. The fourth-order valence-corrected chi connectivity index (χ4v) is 3.87. The van der Waals surface area contributed by atoms with Crippen molar-refractivity contribution in [2.24, 2.45) is 0 Å². The number of benzene rings is 4. The molecule has 9 heteroatoms. The molecule has 4 aromatic rings. The van der Waals surface area contributed by atoms with Gasteiger partial charge in [0.1, 0.15) is 0 Å². The van der Waals surface area contributed by atoms with E-state index in [0.717, 1.165) is 4.90 Å². The lowest BCUT2D eigenvalue weighted by atomic mass is 10.1. The molecule has 4 aromatic carbocycles. The molecule has 182 valence electrons. The van der Waals surface area contributed by atoms with Crippen LogP contribution in [-0.2, 0) is 0 Å². The SMILES string of the molecule is O=C(NNc1ccccc1)c1cc(C(=O)NNc2ccccc2)cc(N2C(=O)c3ccccc3C2=O)c1. The van der Waals surface area contributed by atoms with Gasteiger partial charge in [0.25, 0.3) is 23.6 Å². The van der Waals surface area contributed by atoms with E-state index in [1.54, 1.807) is 72.8 Å². The van der Waals surface area contributed by atoms with Gasteiger partial charge >= 0.3 is 0 Å². The van der Waals surface area contributed by atoms with E-state index in [1.807, 2.05) is 12.1 Å². The highest BCUT2D eigenvalue weighted by atomic mass is 16.2. The summed E-state index contributed by atoms with van der Waals surface area (Å²) in [5.41, 5.74) is 12.8. The molecule has 1 aliphatic rings. The van der Waals surface area contributed by atoms with Crippen LogP contribution in [-0.4, -0.2) is 23.6 Å². The van der Waals surface area contributed by atoms with Gasteiger partial charge in [-0.3, -0.25) is 40.9 Å². The van der Waals surface area contributed by atoms with E-state index in [-0.39, 0.29) is 27.9 Å². The van der Waals surface area contributed by atoms with Crippen LogP contribution in [0.4, 0.5) is 17.1 Å². The summed E-state index contributed by atoms with van der Waals surface area (Å²) in [7, 11) is 0. The number of nitrogens with zero attached hydrogens (tertiary/aromatic N) is 1. The molecule has 0 fully saturated rings. The molecule has 0 spiro atoms. The van der Waals surface area contributed by atoms with Gasteiger partial charge in [-0.15, -0.1) is 0 Å². The topological polar surface area (TPSA) is 120 Å². The highest BCUT2D eigenvalue weighted by molar-refractivity contribution is 6.34. The van der Waals surface area contributed by atoms with Crippen molar-refractivity contribution in [3.8, 4) is 0 Å². The second kappa shape index (κ2) is 10.0. The van der Waals surface area contributed by atoms with Crippen LogP contribution in [0.1, 0.15) is 41.4 Å². The summed E-state index contributed by atoms with van der Waals surface area (Å²) in [6, 6.07) is 28.6. The number of carbonyl (C=O) groups excluding carboxylic acids is 4. The van der Waals surface area contributed by atoms with Crippen molar-refractivity contribution in [2.75, 3.05) is 15.8 Å². The average molecular weight is 492 g/mol. The standard InChI is InChI=1S/C28H21N5O4/c34-25(31-29-20-9-3-1-4-10-20)18-15-19(26(35)32-30-21-11-5-2-6-12-21)17-22(16-18)33-27(36)23-13-7-8-14-24(23)28(33)37/h1-17,29-30H,(H,31,34)(H,32,35). The molecule has 0 saturated heterocycles. The fourth-order valence-electron chi connectivity index (χ4n) is 3.87. The van der Waals surface area contributed by atoms with Crippen LogP contribution < -0.4 is 26.6 Å². The number of fused-ring (bicyclic) bond motifs is 1. The normalized spacial score (nSPS) is 12.1. The molecule has 37 heavy (non-hydrogen) atoms. The monoisotopic (exact) mass is 491 g/mol. The Labute approximate surface area is 212 Å². The van der Waals surface area contributed by atoms with Crippen LogP contribution in [0.5, 0.6) is 0 Å². The van der Waals surface area contributed by atoms with Gasteiger partial charge in [-0.25, -0.2) is 4.90 Å². The molecule has 9 nitrogen and oxygen atoms in total. The van der Waals surface area contributed by atoms with Gasteiger partial charge in [0.05, 0.1) is 28.2 Å². The summed E-state index contributed by atoms with van der Waals surface area (Å²) in [5.74, 6) is -2.19. The van der Waals surface area contributed by atoms with Crippen LogP contribution in [0.3, 0.4) is 0 Å². The van der Waals surface area contributed by atoms with Gasteiger partial charge in [-0.05, 0) is 54.6 Å². The molecule has 0 aliphatic carbocycles. The van der Waals surface area contributed by atoms with Gasteiger partial charge in [0, 0.05) is 11.1 Å².